The number of nitrogens with one attached hydrogen (secondary N) is 1. The third-order valence-electron chi connectivity index (χ3n) is 4.64. The molecular weight excluding hydrogens is 344 g/mol. The highest BCUT2D eigenvalue weighted by Gasteiger charge is 2.36. The summed E-state index contributed by atoms with van der Waals surface area (Å²) in [6.07, 6.45) is 3.45. The molecule has 0 bridgehead atoms. The summed E-state index contributed by atoms with van der Waals surface area (Å²) >= 11 is 5.62. The van der Waals surface area contributed by atoms with Gasteiger partial charge in [-0.1, -0.05) is 19.1 Å². The molecule has 4 nitrogen and oxygen atoms in total. The monoisotopic (exact) mass is 372 g/mol. The van der Waals surface area contributed by atoms with E-state index in [2.05, 4.69) is 17.1 Å². The van der Waals surface area contributed by atoms with Crippen LogP contribution in [0.3, 0.4) is 0 Å². The van der Waals surface area contributed by atoms with Gasteiger partial charge in [-0.2, -0.15) is 0 Å². The third kappa shape index (κ3) is 3.93. The van der Waals surface area contributed by atoms with Gasteiger partial charge in [0.2, 0.25) is 0 Å². The van der Waals surface area contributed by atoms with Crippen molar-refractivity contribution in [1.82, 2.24) is 10.2 Å². The van der Waals surface area contributed by atoms with E-state index in [4.69, 9.17) is 17.0 Å². The van der Waals surface area contributed by atoms with Crippen molar-refractivity contribution in [2.45, 2.75) is 65.0 Å². The summed E-state index contributed by atoms with van der Waals surface area (Å²) in [4.78, 5) is 14.9. The molecule has 0 radical (unpaired) electrons. The molecule has 1 aliphatic carbocycles. The number of ether oxygens (including phenoxy) is 1. The molecule has 26 heavy (non-hydrogen) atoms. The lowest BCUT2D eigenvalue weighted by Gasteiger charge is -2.41. The van der Waals surface area contributed by atoms with E-state index in [1.165, 1.54) is 0 Å². The van der Waals surface area contributed by atoms with Crippen LogP contribution in [0.5, 0.6) is 5.75 Å². The van der Waals surface area contributed by atoms with Crippen LogP contribution in [0.15, 0.2) is 35.5 Å². The Morgan fingerprint density at radius 2 is 1.92 bits per heavy atom. The van der Waals surface area contributed by atoms with Gasteiger partial charge in [-0.25, -0.2) is 0 Å². The zero-order valence-electron chi connectivity index (χ0n) is 16.1. The Hall–Kier alpha value is -1.88. The normalized spacial score (nSPS) is 20.8. The molecule has 0 fully saturated rings. The summed E-state index contributed by atoms with van der Waals surface area (Å²) < 4.78 is 5.91. The molecule has 0 spiro atoms. The predicted octanol–water partition coefficient (Wildman–Crippen LogP) is 4.51. The van der Waals surface area contributed by atoms with Gasteiger partial charge in [0, 0.05) is 24.2 Å². The number of nitrogens with zero attached hydrogens (tertiary/aromatic N) is 1. The number of thiocarbonyl (C=S) groups is 1. The van der Waals surface area contributed by atoms with Crippen LogP contribution >= 0.6 is 12.2 Å². The lowest BCUT2D eigenvalue weighted by molar-refractivity contribution is -0.116. The maximum absolute atomic E-state index is 12.7. The summed E-state index contributed by atoms with van der Waals surface area (Å²) in [6.45, 7) is 9.07. The summed E-state index contributed by atoms with van der Waals surface area (Å²) in [5.74, 6) is 1.07. The van der Waals surface area contributed by atoms with Gasteiger partial charge in [0.25, 0.3) is 0 Å². The second-order valence-corrected chi connectivity index (χ2v) is 8.34. The van der Waals surface area contributed by atoms with Crippen molar-refractivity contribution in [3.05, 3.63) is 41.1 Å². The third-order valence-corrected chi connectivity index (χ3v) is 4.98. The Labute approximate surface area is 161 Å². The van der Waals surface area contributed by atoms with Crippen LogP contribution in [0.4, 0.5) is 0 Å². The highest BCUT2D eigenvalue weighted by Crippen LogP contribution is 2.37. The second-order valence-electron chi connectivity index (χ2n) is 7.95. The fourth-order valence-electron chi connectivity index (χ4n) is 3.64. The van der Waals surface area contributed by atoms with Crippen molar-refractivity contribution in [1.29, 1.82) is 0 Å². The van der Waals surface area contributed by atoms with E-state index in [1.807, 2.05) is 45.0 Å². The fourth-order valence-corrected chi connectivity index (χ4v) is 3.96. The first-order valence-corrected chi connectivity index (χ1v) is 9.84. The van der Waals surface area contributed by atoms with Crippen molar-refractivity contribution in [2.75, 3.05) is 6.54 Å². The number of hydrogen-bond acceptors (Lipinski definition) is 3. The zero-order valence-corrected chi connectivity index (χ0v) is 16.9. The number of hydrogen-bond donors (Lipinski definition) is 1. The van der Waals surface area contributed by atoms with Gasteiger partial charge in [-0.3, -0.25) is 4.79 Å². The first-order chi connectivity index (χ1) is 12.3. The number of ketones is 1. The summed E-state index contributed by atoms with van der Waals surface area (Å²) in [5, 5.41) is 4.13. The highest BCUT2D eigenvalue weighted by atomic mass is 32.1. The minimum Gasteiger partial charge on any atom is -0.488 e. The van der Waals surface area contributed by atoms with Crippen LogP contribution in [0, 0.1) is 0 Å². The molecule has 0 aromatic heterocycles. The molecule has 1 unspecified atom stereocenters. The molecule has 1 aliphatic heterocycles. The Kier molecular flexibility index (Phi) is 5.37. The number of carbonyl (C=O) groups excluding carboxylic acids is 1. The largest absolute Gasteiger partial charge is 0.488 e. The minimum atomic E-state index is -0.234. The van der Waals surface area contributed by atoms with Crippen molar-refractivity contribution in [2.24, 2.45) is 0 Å². The average molecular weight is 373 g/mol. The van der Waals surface area contributed by atoms with E-state index in [1.54, 1.807) is 0 Å². The Balaban J connectivity index is 1.95. The van der Waals surface area contributed by atoms with Gasteiger partial charge >= 0.3 is 0 Å². The SMILES string of the molecule is CCCN1C(=S)NC(c2ccc(OC(C)(C)C)cc2)C2=C1CCCC2=O. The van der Waals surface area contributed by atoms with Gasteiger partial charge in [0.05, 0.1) is 6.04 Å². The Morgan fingerprint density at radius 3 is 2.54 bits per heavy atom. The highest BCUT2D eigenvalue weighted by molar-refractivity contribution is 7.80. The number of Topliss-reactive ketones (excluding diaryl/α,β-unsaturated/α-hetero) is 1. The van der Waals surface area contributed by atoms with Crippen molar-refractivity contribution >= 4 is 23.1 Å². The lowest BCUT2D eigenvalue weighted by atomic mass is 9.84. The summed E-state index contributed by atoms with van der Waals surface area (Å²) in [5.41, 5.74) is 2.82. The standard InChI is InChI=1S/C21H28N2O2S/c1-5-13-23-16-7-6-8-17(24)18(16)19(22-20(23)26)14-9-11-15(12-10-14)25-21(2,3)4/h9-12,19H,5-8,13H2,1-4H3,(H,22,26). The van der Waals surface area contributed by atoms with Gasteiger partial charge in [-0.15, -0.1) is 0 Å². The summed E-state index contributed by atoms with van der Waals surface area (Å²) in [7, 11) is 0. The molecule has 1 atom stereocenters. The maximum Gasteiger partial charge on any atom is 0.173 e. The molecule has 140 valence electrons. The lowest BCUT2D eigenvalue weighted by Crippen LogP contribution is -2.49. The van der Waals surface area contributed by atoms with Gasteiger partial charge in [-0.05, 0) is 69.9 Å². The van der Waals surface area contributed by atoms with E-state index >= 15 is 0 Å². The Bertz CT molecular complexity index is 731. The van der Waals surface area contributed by atoms with Crippen LogP contribution in [0.25, 0.3) is 0 Å². The number of carbonyl (C=O) groups is 1. The van der Waals surface area contributed by atoms with E-state index in [0.29, 0.717) is 6.42 Å². The first-order valence-electron chi connectivity index (χ1n) is 9.43. The summed E-state index contributed by atoms with van der Waals surface area (Å²) in [6, 6.07) is 7.84. The van der Waals surface area contributed by atoms with Crippen molar-refractivity contribution < 1.29 is 9.53 Å². The average Bonchev–Trinajstić information content (AvgIpc) is 2.57. The van der Waals surface area contributed by atoms with Crippen LogP contribution < -0.4 is 10.1 Å². The van der Waals surface area contributed by atoms with E-state index in [-0.39, 0.29) is 17.4 Å². The van der Waals surface area contributed by atoms with Gasteiger partial charge in [0.1, 0.15) is 11.4 Å². The molecular formula is C21H28N2O2S. The van der Waals surface area contributed by atoms with E-state index in [9.17, 15) is 4.79 Å². The van der Waals surface area contributed by atoms with Crippen LogP contribution in [0.2, 0.25) is 0 Å². The fraction of sp³-hybridized carbons (Fsp3) is 0.524. The molecule has 1 heterocycles. The molecule has 0 saturated carbocycles. The minimum absolute atomic E-state index is 0.165. The molecule has 1 aromatic rings. The molecule has 0 amide bonds. The van der Waals surface area contributed by atoms with Crippen LogP contribution in [-0.4, -0.2) is 27.9 Å². The quantitative estimate of drug-likeness (QED) is 0.788. The van der Waals surface area contributed by atoms with Crippen LogP contribution in [-0.2, 0) is 4.79 Å². The molecule has 2 aliphatic rings. The molecule has 1 aromatic carbocycles. The number of allylic oxidation sites excluding steroid dienone is 1. The predicted molar refractivity (Wildman–Crippen MR) is 108 cm³/mol. The topological polar surface area (TPSA) is 41.6 Å². The van der Waals surface area contributed by atoms with Gasteiger partial charge in [0.15, 0.2) is 10.9 Å². The number of benzene rings is 1. The van der Waals surface area contributed by atoms with Crippen LogP contribution in [0.1, 0.15) is 65.0 Å². The molecule has 0 saturated heterocycles. The first kappa shape index (κ1) is 18.9. The molecule has 1 N–H and O–H groups in total. The number of rotatable bonds is 4. The molecule has 3 rings (SSSR count). The maximum atomic E-state index is 12.7. The second kappa shape index (κ2) is 7.39. The van der Waals surface area contributed by atoms with Crippen molar-refractivity contribution in [3.63, 3.8) is 0 Å². The zero-order chi connectivity index (χ0) is 18.9. The molecule has 5 heteroatoms. The Morgan fingerprint density at radius 1 is 1.23 bits per heavy atom. The van der Waals surface area contributed by atoms with Crippen molar-refractivity contribution in [3.8, 4) is 5.75 Å². The smallest absolute Gasteiger partial charge is 0.173 e. The van der Waals surface area contributed by atoms with Gasteiger partial charge < -0.3 is 15.0 Å². The van der Waals surface area contributed by atoms with E-state index < -0.39 is 0 Å². The van der Waals surface area contributed by atoms with E-state index in [0.717, 1.165) is 53.5 Å².